The fourth-order valence-corrected chi connectivity index (χ4v) is 2.92. The van der Waals surface area contributed by atoms with Gasteiger partial charge in [0.25, 0.3) is 0 Å². The van der Waals surface area contributed by atoms with Crippen molar-refractivity contribution in [1.29, 1.82) is 0 Å². The van der Waals surface area contributed by atoms with Crippen LogP contribution in [0.5, 0.6) is 0 Å². The van der Waals surface area contributed by atoms with Crippen LogP contribution >= 0.6 is 0 Å². The average molecular weight is 281 g/mol. The number of aliphatic hydroxyl groups excluding tert-OH is 1. The Morgan fingerprint density at radius 3 is 2.80 bits per heavy atom. The number of β-amino-alcohol motifs (C(OH)–C–C–N with tert-alkyl or cyclic N) is 1. The van der Waals surface area contributed by atoms with E-state index in [-0.39, 0.29) is 11.9 Å². The van der Waals surface area contributed by atoms with Gasteiger partial charge in [0.05, 0.1) is 6.10 Å². The van der Waals surface area contributed by atoms with Crippen LogP contribution in [0.4, 0.5) is 4.39 Å². The molecular formula is C15H24FN3O. The summed E-state index contributed by atoms with van der Waals surface area (Å²) in [6.45, 7) is 2.63. The summed E-state index contributed by atoms with van der Waals surface area (Å²) in [6.07, 6.45) is 0.513. The van der Waals surface area contributed by atoms with Crippen molar-refractivity contribution in [2.45, 2.75) is 31.7 Å². The van der Waals surface area contributed by atoms with Crippen LogP contribution in [0.15, 0.2) is 18.2 Å². The highest BCUT2D eigenvalue weighted by atomic mass is 19.1. The monoisotopic (exact) mass is 281 g/mol. The van der Waals surface area contributed by atoms with Gasteiger partial charge >= 0.3 is 0 Å². The van der Waals surface area contributed by atoms with E-state index in [0.717, 1.165) is 24.1 Å². The molecule has 1 saturated heterocycles. The van der Waals surface area contributed by atoms with Gasteiger partial charge in [-0.3, -0.25) is 4.90 Å². The van der Waals surface area contributed by atoms with Crippen LogP contribution in [0.1, 0.15) is 17.5 Å². The third kappa shape index (κ3) is 3.76. The number of benzene rings is 1. The molecule has 0 saturated carbocycles. The van der Waals surface area contributed by atoms with Gasteiger partial charge in [-0.15, -0.1) is 0 Å². The van der Waals surface area contributed by atoms with Crippen molar-refractivity contribution in [3.63, 3.8) is 0 Å². The lowest BCUT2D eigenvalue weighted by atomic mass is 10.1. The molecule has 3 N–H and O–H groups in total. The minimum Gasteiger partial charge on any atom is -0.392 e. The minimum absolute atomic E-state index is 0.250. The molecule has 1 heterocycles. The van der Waals surface area contributed by atoms with Crippen LogP contribution in [-0.2, 0) is 13.1 Å². The van der Waals surface area contributed by atoms with Crippen molar-refractivity contribution in [3.8, 4) is 0 Å². The number of nitrogens with zero attached hydrogens (tertiary/aromatic N) is 2. The van der Waals surface area contributed by atoms with Crippen molar-refractivity contribution in [3.05, 3.63) is 35.1 Å². The number of aliphatic hydroxyl groups is 1. The molecule has 112 valence electrons. The topological polar surface area (TPSA) is 52.7 Å². The Labute approximate surface area is 120 Å². The second-order valence-electron chi connectivity index (χ2n) is 5.85. The SMILES string of the molecule is CN(C)CC1CC(O)CN1Cc1ccc(F)cc1CN. The molecule has 0 aromatic heterocycles. The fourth-order valence-electron chi connectivity index (χ4n) is 2.92. The summed E-state index contributed by atoms with van der Waals surface area (Å²) in [6, 6.07) is 5.11. The molecule has 5 heteroatoms. The van der Waals surface area contributed by atoms with E-state index >= 15 is 0 Å². The van der Waals surface area contributed by atoms with Gasteiger partial charge in [-0.25, -0.2) is 4.39 Å². The fraction of sp³-hybridized carbons (Fsp3) is 0.600. The normalized spacial score (nSPS) is 23.7. The lowest BCUT2D eigenvalue weighted by molar-refractivity contribution is 0.169. The van der Waals surface area contributed by atoms with Crippen molar-refractivity contribution in [2.75, 3.05) is 27.2 Å². The lowest BCUT2D eigenvalue weighted by Crippen LogP contribution is -2.37. The molecule has 4 nitrogen and oxygen atoms in total. The molecule has 2 atom stereocenters. The van der Waals surface area contributed by atoms with Gasteiger partial charge in [0.15, 0.2) is 0 Å². The Bertz CT molecular complexity index is 453. The Hall–Kier alpha value is -1.01. The molecule has 0 spiro atoms. The Morgan fingerprint density at radius 1 is 1.40 bits per heavy atom. The summed E-state index contributed by atoms with van der Waals surface area (Å²) in [4.78, 5) is 4.39. The third-order valence-corrected chi connectivity index (χ3v) is 3.84. The summed E-state index contributed by atoms with van der Waals surface area (Å²) >= 11 is 0. The second-order valence-corrected chi connectivity index (χ2v) is 5.85. The second kappa shape index (κ2) is 6.63. The van der Waals surface area contributed by atoms with Crippen LogP contribution in [0.25, 0.3) is 0 Å². The molecule has 1 aliphatic heterocycles. The number of halogens is 1. The first-order chi connectivity index (χ1) is 9.49. The quantitative estimate of drug-likeness (QED) is 0.837. The van der Waals surface area contributed by atoms with E-state index < -0.39 is 0 Å². The van der Waals surface area contributed by atoms with E-state index in [9.17, 15) is 9.50 Å². The van der Waals surface area contributed by atoms with E-state index in [1.54, 1.807) is 6.07 Å². The summed E-state index contributed by atoms with van der Waals surface area (Å²) in [5, 5.41) is 9.89. The van der Waals surface area contributed by atoms with Crippen molar-refractivity contribution >= 4 is 0 Å². The van der Waals surface area contributed by atoms with E-state index in [4.69, 9.17) is 5.73 Å². The highest BCUT2D eigenvalue weighted by Gasteiger charge is 2.31. The molecule has 1 aromatic carbocycles. The summed E-state index contributed by atoms with van der Waals surface area (Å²) in [7, 11) is 4.07. The molecule has 2 unspecified atom stereocenters. The maximum absolute atomic E-state index is 13.2. The van der Waals surface area contributed by atoms with Crippen LogP contribution < -0.4 is 5.73 Å². The van der Waals surface area contributed by atoms with Crippen molar-refractivity contribution in [1.82, 2.24) is 9.80 Å². The number of likely N-dealkylation sites (tertiary alicyclic amines) is 1. The lowest BCUT2D eigenvalue weighted by Gasteiger charge is -2.27. The third-order valence-electron chi connectivity index (χ3n) is 3.84. The molecule has 0 amide bonds. The Balaban J connectivity index is 2.11. The van der Waals surface area contributed by atoms with Crippen LogP contribution in [0.3, 0.4) is 0 Å². The van der Waals surface area contributed by atoms with Crippen LogP contribution in [-0.4, -0.2) is 54.2 Å². The van der Waals surface area contributed by atoms with Gasteiger partial charge < -0.3 is 15.7 Å². The van der Waals surface area contributed by atoms with Crippen molar-refractivity contribution < 1.29 is 9.50 Å². The Kier molecular flexibility index (Phi) is 5.10. The molecule has 0 bridgehead atoms. The number of likely N-dealkylation sites (N-methyl/N-ethyl adjacent to an activating group) is 1. The molecule has 1 aromatic rings. The highest BCUT2D eigenvalue weighted by molar-refractivity contribution is 5.28. The number of nitrogens with two attached hydrogens (primary N) is 1. The molecule has 2 rings (SSSR count). The van der Waals surface area contributed by atoms with Gasteiger partial charge in [0.1, 0.15) is 5.82 Å². The van der Waals surface area contributed by atoms with Gasteiger partial charge in [-0.2, -0.15) is 0 Å². The zero-order valence-corrected chi connectivity index (χ0v) is 12.2. The zero-order chi connectivity index (χ0) is 14.7. The van der Waals surface area contributed by atoms with Crippen LogP contribution in [0.2, 0.25) is 0 Å². The van der Waals surface area contributed by atoms with Crippen LogP contribution in [0, 0.1) is 5.82 Å². The van der Waals surface area contributed by atoms with E-state index in [2.05, 4.69) is 9.80 Å². The number of hydrogen-bond donors (Lipinski definition) is 2. The molecule has 20 heavy (non-hydrogen) atoms. The minimum atomic E-state index is -0.276. The molecule has 1 fully saturated rings. The smallest absolute Gasteiger partial charge is 0.123 e. The summed E-state index contributed by atoms with van der Waals surface area (Å²) in [5.41, 5.74) is 7.58. The predicted molar refractivity (Wildman–Crippen MR) is 77.7 cm³/mol. The van der Waals surface area contributed by atoms with Crippen molar-refractivity contribution in [2.24, 2.45) is 5.73 Å². The summed E-state index contributed by atoms with van der Waals surface area (Å²) < 4.78 is 13.2. The van der Waals surface area contributed by atoms with E-state index in [0.29, 0.717) is 25.7 Å². The largest absolute Gasteiger partial charge is 0.392 e. The zero-order valence-electron chi connectivity index (χ0n) is 12.2. The molecule has 1 aliphatic rings. The molecule has 0 aliphatic carbocycles. The standard InChI is InChI=1S/C15H24FN3O/c1-18(2)9-14-6-15(20)10-19(14)8-11-3-4-13(16)5-12(11)7-17/h3-5,14-15,20H,6-10,17H2,1-2H3. The number of rotatable bonds is 5. The van der Waals surface area contributed by atoms with E-state index in [1.165, 1.54) is 12.1 Å². The van der Waals surface area contributed by atoms with E-state index in [1.807, 2.05) is 14.1 Å². The summed E-state index contributed by atoms with van der Waals surface area (Å²) in [5.74, 6) is -0.250. The molecular weight excluding hydrogens is 257 g/mol. The van der Waals surface area contributed by atoms with Gasteiger partial charge in [0.2, 0.25) is 0 Å². The van der Waals surface area contributed by atoms with Gasteiger partial charge in [-0.05, 0) is 43.8 Å². The van der Waals surface area contributed by atoms with Gasteiger partial charge in [-0.1, -0.05) is 6.07 Å². The average Bonchev–Trinajstić information content (AvgIpc) is 2.70. The van der Waals surface area contributed by atoms with Gasteiger partial charge in [0, 0.05) is 32.2 Å². The first-order valence-electron chi connectivity index (χ1n) is 7.03. The predicted octanol–water partition coefficient (Wildman–Crippen LogP) is 0.781. The number of hydrogen-bond acceptors (Lipinski definition) is 4. The first-order valence-corrected chi connectivity index (χ1v) is 7.03. The highest BCUT2D eigenvalue weighted by Crippen LogP contribution is 2.23. The molecule has 0 radical (unpaired) electrons. The first kappa shape index (κ1) is 15.4. The Morgan fingerprint density at radius 2 is 2.15 bits per heavy atom. The maximum Gasteiger partial charge on any atom is 0.123 e. The maximum atomic E-state index is 13.2.